The maximum atomic E-state index is 12.2. The molecule has 146 valence electrons. The molecule has 0 spiro atoms. The molecule has 1 heterocycles. The maximum Gasteiger partial charge on any atom is 0.245 e. The van der Waals surface area contributed by atoms with Crippen molar-refractivity contribution in [1.29, 1.82) is 0 Å². The quantitative estimate of drug-likeness (QED) is 0.458. The molecule has 4 aromatic rings. The number of carbonyl (C=O) groups is 1. The van der Waals surface area contributed by atoms with Gasteiger partial charge in [-0.1, -0.05) is 42.5 Å². The summed E-state index contributed by atoms with van der Waals surface area (Å²) in [7, 11) is 1.62. The van der Waals surface area contributed by atoms with Gasteiger partial charge in [0.1, 0.15) is 5.75 Å². The minimum Gasteiger partial charge on any atom is -0.497 e. The molecule has 0 fully saturated rings. The van der Waals surface area contributed by atoms with Crippen LogP contribution in [-0.2, 0) is 11.2 Å². The van der Waals surface area contributed by atoms with E-state index in [-0.39, 0.29) is 12.5 Å². The van der Waals surface area contributed by atoms with Crippen molar-refractivity contribution < 1.29 is 9.53 Å². The zero-order valence-electron chi connectivity index (χ0n) is 16.0. The van der Waals surface area contributed by atoms with E-state index < -0.39 is 0 Å². The summed E-state index contributed by atoms with van der Waals surface area (Å²) in [5, 5.41) is 9.04. The predicted octanol–water partition coefficient (Wildman–Crippen LogP) is 4.95. The van der Waals surface area contributed by atoms with E-state index >= 15 is 0 Å². The number of fused-ring (bicyclic) bond motifs is 1. The van der Waals surface area contributed by atoms with Crippen LogP contribution in [-0.4, -0.2) is 24.5 Å². The fourth-order valence-corrected chi connectivity index (χ4v) is 3.99. The lowest BCUT2D eigenvalue weighted by molar-refractivity contribution is -0.114. The van der Waals surface area contributed by atoms with E-state index in [0.29, 0.717) is 5.13 Å². The predicted molar refractivity (Wildman–Crippen MR) is 119 cm³/mol. The summed E-state index contributed by atoms with van der Waals surface area (Å²) in [4.78, 5) is 17.7. The number of anilines is 2. The van der Waals surface area contributed by atoms with Gasteiger partial charge in [0.15, 0.2) is 5.13 Å². The van der Waals surface area contributed by atoms with Crippen molar-refractivity contribution >= 4 is 38.8 Å². The van der Waals surface area contributed by atoms with Crippen LogP contribution in [0, 0.1) is 0 Å². The second-order valence-electron chi connectivity index (χ2n) is 6.58. The zero-order valence-corrected chi connectivity index (χ0v) is 16.8. The molecule has 5 nitrogen and oxygen atoms in total. The van der Waals surface area contributed by atoms with Gasteiger partial charge in [-0.3, -0.25) is 4.79 Å². The summed E-state index contributed by atoms with van der Waals surface area (Å²) in [6.45, 7) is 0.171. The molecular formula is C23H21N3O2S. The summed E-state index contributed by atoms with van der Waals surface area (Å²) in [5.74, 6) is 0.647. The number of rotatable bonds is 7. The van der Waals surface area contributed by atoms with Crippen molar-refractivity contribution in [2.75, 3.05) is 24.3 Å². The Morgan fingerprint density at radius 1 is 1.03 bits per heavy atom. The van der Waals surface area contributed by atoms with Gasteiger partial charge in [0.25, 0.3) is 0 Å². The van der Waals surface area contributed by atoms with E-state index in [4.69, 9.17) is 4.74 Å². The lowest BCUT2D eigenvalue weighted by Gasteiger charge is -2.07. The SMILES string of the molecule is COc1ccc(NCC(=O)Nc2ncc(Cc3cccc4ccccc34)s2)cc1. The highest BCUT2D eigenvalue weighted by atomic mass is 32.1. The number of carbonyl (C=O) groups excluding carboxylic acids is 1. The summed E-state index contributed by atoms with van der Waals surface area (Å²) in [5.41, 5.74) is 2.11. The molecular weight excluding hydrogens is 382 g/mol. The van der Waals surface area contributed by atoms with Gasteiger partial charge in [0.05, 0.1) is 13.7 Å². The monoisotopic (exact) mass is 403 g/mol. The summed E-state index contributed by atoms with van der Waals surface area (Å²) < 4.78 is 5.13. The highest BCUT2D eigenvalue weighted by molar-refractivity contribution is 7.15. The Labute approximate surface area is 173 Å². The van der Waals surface area contributed by atoms with Crippen LogP contribution in [0.5, 0.6) is 5.75 Å². The molecule has 2 N–H and O–H groups in total. The zero-order chi connectivity index (χ0) is 20.1. The largest absolute Gasteiger partial charge is 0.497 e. The first-order valence-corrected chi connectivity index (χ1v) is 10.1. The van der Waals surface area contributed by atoms with E-state index in [1.54, 1.807) is 7.11 Å². The molecule has 0 atom stereocenters. The van der Waals surface area contributed by atoms with Gasteiger partial charge in [-0.25, -0.2) is 4.98 Å². The smallest absolute Gasteiger partial charge is 0.245 e. The number of thiazole rings is 1. The molecule has 1 aromatic heterocycles. The number of nitrogens with zero attached hydrogens (tertiary/aromatic N) is 1. The summed E-state index contributed by atoms with van der Waals surface area (Å²) in [6, 6.07) is 22.1. The van der Waals surface area contributed by atoms with Gasteiger partial charge >= 0.3 is 0 Å². The van der Waals surface area contributed by atoms with Gasteiger partial charge in [0, 0.05) is 23.2 Å². The molecule has 3 aromatic carbocycles. The highest BCUT2D eigenvalue weighted by Gasteiger charge is 2.09. The topological polar surface area (TPSA) is 63.2 Å². The Morgan fingerprint density at radius 3 is 2.66 bits per heavy atom. The molecule has 0 aliphatic heterocycles. The molecule has 0 aliphatic carbocycles. The molecule has 0 saturated carbocycles. The van der Waals surface area contributed by atoms with Crippen molar-refractivity contribution in [3.63, 3.8) is 0 Å². The van der Waals surface area contributed by atoms with Crippen LogP contribution in [0.4, 0.5) is 10.8 Å². The molecule has 6 heteroatoms. The van der Waals surface area contributed by atoms with Gasteiger partial charge in [-0.15, -0.1) is 11.3 Å². The van der Waals surface area contributed by atoms with Crippen LogP contribution in [0.3, 0.4) is 0 Å². The molecule has 4 rings (SSSR count). The molecule has 0 aliphatic rings. The Kier molecular flexibility index (Phi) is 5.72. The molecule has 0 saturated heterocycles. The second kappa shape index (κ2) is 8.75. The van der Waals surface area contributed by atoms with Crippen LogP contribution in [0.2, 0.25) is 0 Å². The third-order valence-electron chi connectivity index (χ3n) is 4.59. The number of aromatic nitrogens is 1. The third-order valence-corrected chi connectivity index (χ3v) is 5.50. The number of benzene rings is 3. The number of nitrogens with one attached hydrogen (secondary N) is 2. The molecule has 1 amide bonds. The average Bonchev–Trinajstić information content (AvgIpc) is 3.19. The molecule has 0 bridgehead atoms. The van der Waals surface area contributed by atoms with E-state index in [0.717, 1.165) is 22.7 Å². The van der Waals surface area contributed by atoms with E-state index in [1.165, 1.54) is 27.7 Å². The molecule has 0 unspecified atom stereocenters. The van der Waals surface area contributed by atoms with Crippen molar-refractivity contribution in [2.24, 2.45) is 0 Å². The Balaban J connectivity index is 1.35. The number of amides is 1. The van der Waals surface area contributed by atoms with E-state index in [9.17, 15) is 4.79 Å². The Hall–Kier alpha value is -3.38. The number of hydrogen-bond acceptors (Lipinski definition) is 5. The van der Waals surface area contributed by atoms with Crippen LogP contribution < -0.4 is 15.4 Å². The Bertz CT molecular complexity index is 1120. The van der Waals surface area contributed by atoms with Gasteiger partial charge < -0.3 is 15.4 Å². The highest BCUT2D eigenvalue weighted by Crippen LogP contribution is 2.25. The molecule has 29 heavy (non-hydrogen) atoms. The molecule has 0 radical (unpaired) electrons. The van der Waals surface area contributed by atoms with Crippen molar-refractivity contribution in [1.82, 2.24) is 4.98 Å². The maximum absolute atomic E-state index is 12.2. The minimum atomic E-state index is -0.133. The number of methoxy groups -OCH3 is 1. The third kappa shape index (κ3) is 4.73. The van der Waals surface area contributed by atoms with Crippen LogP contribution in [0.1, 0.15) is 10.4 Å². The second-order valence-corrected chi connectivity index (χ2v) is 7.69. The van der Waals surface area contributed by atoms with E-state index in [1.807, 2.05) is 36.5 Å². The standard InChI is InChI=1S/C23H21N3O2S/c1-28-19-11-9-18(10-12-19)24-15-22(27)26-23-25-14-20(29-23)13-17-7-4-6-16-5-2-3-8-21(16)17/h2-12,14,24H,13,15H2,1H3,(H,25,26,27). The normalized spacial score (nSPS) is 10.7. The summed E-state index contributed by atoms with van der Waals surface area (Å²) in [6.07, 6.45) is 2.62. The average molecular weight is 404 g/mol. The first-order chi connectivity index (χ1) is 14.2. The lowest BCUT2D eigenvalue weighted by Crippen LogP contribution is -2.21. The van der Waals surface area contributed by atoms with Gasteiger partial charge in [0.2, 0.25) is 5.91 Å². The first kappa shape index (κ1) is 19.0. The van der Waals surface area contributed by atoms with Gasteiger partial charge in [-0.05, 0) is 40.6 Å². The van der Waals surface area contributed by atoms with Crippen molar-refractivity contribution in [2.45, 2.75) is 6.42 Å². The first-order valence-electron chi connectivity index (χ1n) is 9.30. The van der Waals surface area contributed by atoms with E-state index in [2.05, 4.69) is 52.0 Å². The van der Waals surface area contributed by atoms with Crippen LogP contribution in [0.15, 0.2) is 72.9 Å². The fraction of sp³-hybridized carbons (Fsp3) is 0.130. The lowest BCUT2D eigenvalue weighted by atomic mass is 10.0. The van der Waals surface area contributed by atoms with Crippen molar-refractivity contribution in [3.05, 3.63) is 83.4 Å². The minimum absolute atomic E-state index is 0.133. The fourth-order valence-electron chi connectivity index (χ4n) is 3.14. The van der Waals surface area contributed by atoms with Gasteiger partial charge in [-0.2, -0.15) is 0 Å². The van der Waals surface area contributed by atoms with Crippen LogP contribution in [0.25, 0.3) is 10.8 Å². The Morgan fingerprint density at radius 2 is 1.83 bits per heavy atom. The number of hydrogen-bond donors (Lipinski definition) is 2. The van der Waals surface area contributed by atoms with Crippen molar-refractivity contribution in [3.8, 4) is 5.75 Å². The number of ether oxygens (including phenoxy) is 1. The van der Waals surface area contributed by atoms with Crippen LogP contribution >= 0.6 is 11.3 Å². The summed E-state index contributed by atoms with van der Waals surface area (Å²) >= 11 is 1.50.